The van der Waals surface area contributed by atoms with Crippen LogP contribution in [-0.4, -0.2) is 28.2 Å². The van der Waals surface area contributed by atoms with Gasteiger partial charge in [-0.25, -0.2) is 0 Å². The molecule has 1 fully saturated rings. The molecule has 1 unspecified atom stereocenters. The third-order valence-electron chi connectivity index (χ3n) is 3.62. The lowest BCUT2D eigenvalue weighted by molar-refractivity contribution is -0.125. The number of amides is 1. The third-order valence-corrected chi connectivity index (χ3v) is 3.62. The number of rotatable bonds is 4. The van der Waals surface area contributed by atoms with E-state index in [2.05, 4.69) is 5.32 Å². The van der Waals surface area contributed by atoms with E-state index in [4.69, 9.17) is 5.73 Å². The zero-order valence-corrected chi connectivity index (χ0v) is 10.5. The van der Waals surface area contributed by atoms with Crippen LogP contribution in [0.4, 0.5) is 0 Å². The Bertz CT molecular complexity index is 247. The van der Waals surface area contributed by atoms with Gasteiger partial charge in [-0.05, 0) is 33.6 Å². The molecule has 0 radical (unpaired) electrons. The van der Waals surface area contributed by atoms with Gasteiger partial charge in [0.2, 0.25) is 5.91 Å². The Labute approximate surface area is 97.6 Å². The van der Waals surface area contributed by atoms with Crippen molar-refractivity contribution in [3.63, 3.8) is 0 Å². The molecule has 0 aromatic carbocycles. The highest BCUT2D eigenvalue weighted by molar-refractivity contribution is 5.78. The van der Waals surface area contributed by atoms with Gasteiger partial charge in [-0.2, -0.15) is 0 Å². The van der Waals surface area contributed by atoms with Gasteiger partial charge in [0.1, 0.15) is 0 Å². The molecule has 0 saturated heterocycles. The van der Waals surface area contributed by atoms with Crippen molar-refractivity contribution in [1.82, 2.24) is 5.32 Å². The highest BCUT2D eigenvalue weighted by atomic mass is 16.3. The second-order valence-electron chi connectivity index (χ2n) is 5.69. The Kier molecular flexibility index (Phi) is 3.97. The molecule has 1 rings (SSSR count). The molecule has 1 atom stereocenters. The number of aliphatic hydroxyl groups is 1. The van der Waals surface area contributed by atoms with Crippen LogP contribution in [0.2, 0.25) is 0 Å². The fourth-order valence-electron chi connectivity index (χ4n) is 2.08. The number of aliphatic hydroxyl groups excluding tert-OH is 1. The van der Waals surface area contributed by atoms with E-state index in [0.29, 0.717) is 6.42 Å². The van der Waals surface area contributed by atoms with E-state index >= 15 is 0 Å². The minimum atomic E-state index is -0.591. The van der Waals surface area contributed by atoms with Crippen LogP contribution in [0, 0.1) is 0 Å². The number of carbonyl (C=O) groups is 1. The van der Waals surface area contributed by atoms with Crippen LogP contribution in [0.25, 0.3) is 0 Å². The molecular formula is C12H24N2O2. The van der Waals surface area contributed by atoms with E-state index < -0.39 is 11.6 Å². The molecule has 0 aromatic rings. The fraction of sp³-hybridized carbons (Fsp3) is 0.917. The Balaban J connectivity index is 2.47. The number of hydrogen-bond donors (Lipinski definition) is 3. The zero-order valence-electron chi connectivity index (χ0n) is 10.5. The standard InChI is InChI=1S/C12H24N2O2/c1-9(15)11(2,3)14-10(16)8-12(13)6-4-5-7-12/h9,15H,4-8,13H2,1-3H3,(H,14,16). The van der Waals surface area contributed by atoms with Gasteiger partial charge in [-0.15, -0.1) is 0 Å². The predicted molar refractivity (Wildman–Crippen MR) is 63.9 cm³/mol. The summed E-state index contributed by atoms with van der Waals surface area (Å²) in [5, 5.41) is 12.3. The van der Waals surface area contributed by atoms with E-state index in [1.165, 1.54) is 0 Å². The number of nitrogens with two attached hydrogens (primary N) is 1. The van der Waals surface area contributed by atoms with Crippen LogP contribution < -0.4 is 11.1 Å². The topological polar surface area (TPSA) is 75.3 Å². The second kappa shape index (κ2) is 4.72. The summed E-state index contributed by atoms with van der Waals surface area (Å²) in [5.74, 6) is -0.0599. The van der Waals surface area contributed by atoms with Gasteiger partial charge in [-0.1, -0.05) is 12.8 Å². The number of hydrogen-bond acceptors (Lipinski definition) is 3. The van der Waals surface area contributed by atoms with E-state index in [1.54, 1.807) is 6.92 Å². The van der Waals surface area contributed by atoms with Crippen molar-refractivity contribution in [1.29, 1.82) is 0 Å². The minimum Gasteiger partial charge on any atom is -0.391 e. The fourth-order valence-corrected chi connectivity index (χ4v) is 2.08. The van der Waals surface area contributed by atoms with Gasteiger partial charge in [0.25, 0.3) is 0 Å². The highest BCUT2D eigenvalue weighted by Crippen LogP contribution is 2.30. The first-order chi connectivity index (χ1) is 7.25. The van der Waals surface area contributed by atoms with Crippen LogP contribution in [0.5, 0.6) is 0 Å². The third kappa shape index (κ3) is 3.46. The largest absolute Gasteiger partial charge is 0.391 e. The molecule has 4 nitrogen and oxygen atoms in total. The Morgan fingerprint density at radius 3 is 2.44 bits per heavy atom. The number of carbonyl (C=O) groups excluding carboxylic acids is 1. The molecular weight excluding hydrogens is 204 g/mol. The van der Waals surface area contributed by atoms with E-state index in [1.807, 2.05) is 13.8 Å². The smallest absolute Gasteiger partial charge is 0.222 e. The SMILES string of the molecule is CC(O)C(C)(C)NC(=O)CC1(N)CCCC1. The highest BCUT2D eigenvalue weighted by Gasteiger charge is 2.34. The average Bonchev–Trinajstić information content (AvgIpc) is 2.49. The maximum Gasteiger partial charge on any atom is 0.222 e. The molecule has 0 aliphatic heterocycles. The van der Waals surface area contributed by atoms with Gasteiger partial charge in [0.05, 0.1) is 11.6 Å². The summed E-state index contributed by atoms with van der Waals surface area (Å²) in [5.41, 5.74) is 5.22. The first kappa shape index (κ1) is 13.5. The lowest BCUT2D eigenvalue weighted by Gasteiger charge is -2.31. The maximum atomic E-state index is 11.8. The summed E-state index contributed by atoms with van der Waals surface area (Å²) >= 11 is 0. The van der Waals surface area contributed by atoms with Crippen LogP contribution >= 0.6 is 0 Å². The molecule has 1 saturated carbocycles. The van der Waals surface area contributed by atoms with Crippen molar-refractivity contribution in [3.8, 4) is 0 Å². The van der Waals surface area contributed by atoms with Crippen molar-refractivity contribution in [2.24, 2.45) is 5.73 Å². The van der Waals surface area contributed by atoms with Gasteiger partial charge >= 0.3 is 0 Å². The number of nitrogens with one attached hydrogen (secondary N) is 1. The van der Waals surface area contributed by atoms with E-state index in [9.17, 15) is 9.90 Å². The monoisotopic (exact) mass is 228 g/mol. The average molecular weight is 228 g/mol. The molecule has 94 valence electrons. The van der Waals surface area contributed by atoms with Gasteiger partial charge in [0, 0.05) is 12.0 Å². The van der Waals surface area contributed by atoms with Gasteiger partial charge in [0.15, 0.2) is 0 Å². The Hall–Kier alpha value is -0.610. The van der Waals surface area contributed by atoms with Crippen LogP contribution in [0.3, 0.4) is 0 Å². The normalized spacial score (nSPS) is 21.8. The molecule has 1 amide bonds. The van der Waals surface area contributed by atoms with E-state index in [-0.39, 0.29) is 11.4 Å². The lowest BCUT2D eigenvalue weighted by atomic mass is 9.92. The van der Waals surface area contributed by atoms with Crippen molar-refractivity contribution in [3.05, 3.63) is 0 Å². The molecule has 0 heterocycles. The molecule has 1 aliphatic rings. The van der Waals surface area contributed by atoms with Gasteiger partial charge < -0.3 is 16.2 Å². The molecule has 0 spiro atoms. The summed E-state index contributed by atoms with van der Waals surface area (Å²) in [6, 6.07) is 0. The quantitative estimate of drug-likeness (QED) is 0.670. The molecule has 1 aliphatic carbocycles. The summed E-state index contributed by atoms with van der Waals surface area (Å²) < 4.78 is 0. The van der Waals surface area contributed by atoms with Crippen LogP contribution in [-0.2, 0) is 4.79 Å². The first-order valence-electron chi connectivity index (χ1n) is 6.03. The Morgan fingerprint density at radius 2 is 2.00 bits per heavy atom. The first-order valence-corrected chi connectivity index (χ1v) is 6.03. The minimum absolute atomic E-state index is 0.0599. The second-order valence-corrected chi connectivity index (χ2v) is 5.69. The summed E-state index contributed by atoms with van der Waals surface area (Å²) in [4.78, 5) is 11.8. The Morgan fingerprint density at radius 1 is 1.50 bits per heavy atom. The van der Waals surface area contributed by atoms with Gasteiger partial charge in [-0.3, -0.25) is 4.79 Å². The van der Waals surface area contributed by atoms with Crippen molar-refractivity contribution in [2.45, 2.75) is 70.1 Å². The molecule has 0 bridgehead atoms. The van der Waals surface area contributed by atoms with Crippen molar-refractivity contribution < 1.29 is 9.90 Å². The van der Waals surface area contributed by atoms with Crippen LogP contribution in [0.15, 0.2) is 0 Å². The summed E-state index contributed by atoms with van der Waals surface area (Å²) in [7, 11) is 0. The predicted octanol–water partition coefficient (Wildman–Crippen LogP) is 0.924. The van der Waals surface area contributed by atoms with Crippen molar-refractivity contribution in [2.75, 3.05) is 0 Å². The van der Waals surface area contributed by atoms with E-state index in [0.717, 1.165) is 25.7 Å². The maximum absolute atomic E-state index is 11.8. The van der Waals surface area contributed by atoms with Crippen LogP contribution in [0.1, 0.15) is 52.9 Å². The molecule has 0 aromatic heterocycles. The summed E-state index contributed by atoms with van der Waals surface area (Å²) in [6.45, 7) is 5.30. The van der Waals surface area contributed by atoms with Crippen molar-refractivity contribution >= 4 is 5.91 Å². The molecule has 4 heteroatoms. The zero-order chi connectivity index (χ0) is 12.4. The lowest BCUT2D eigenvalue weighted by Crippen LogP contribution is -2.53. The molecule has 16 heavy (non-hydrogen) atoms. The summed E-state index contributed by atoms with van der Waals surface area (Å²) in [6.07, 6.45) is 3.87. The molecule has 4 N–H and O–H groups in total.